The van der Waals surface area contributed by atoms with Crippen LogP contribution in [0.2, 0.25) is 0 Å². The van der Waals surface area contributed by atoms with Crippen LogP contribution in [0.3, 0.4) is 0 Å². The van der Waals surface area contributed by atoms with Gasteiger partial charge in [-0.25, -0.2) is 9.69 Å². The second kappa shape index (κ2) is 5.47. The lowest BCUT2D eigenvalue weighted by atomic mass is 10.3. The molecule has 1 heterocycles. The van der Waals surface area contributed by atoms with Crippen molar-refractivity contribution in [2.45, 2.75) is 26.6 Å². The van der Waals surface area contributed by atoms with Crippen LogP contribution in [0.25, 0.3) is 0 Å². The third-order valence-electron chi connectivity index (χ3n) is 2.76. The van der Waals surface area contributed by atoms with Crippen molar-refractivity contribution in [1.29, 1.82) is 0 Å². The van der Waals surface area contributed by atoms with E-state index in [1.807, 2.05) is 0 Å². The molecule has 0 aromatic heterocycles. The lowest BCUT2D eigenvalue weighted by Crippen LogP contribution is -2.37. The zero-order chi connectivity index (χ0) is 15.6. The Bertz CT molecular complexity index is 594. The Labute approximate surface area is 122 Å². The first-order valence-electron chi connectivity index (χ1n) is 6.46. The van der Waals surface area contributed by atoms with E-state index in [9.17, 15) is 9.59 Å². The van der Waals surface area contributed by atoms with E-state index in [0.29, 0.717) is 11.5 Å². The fourth-order valence-electron chi connectivity index (χ4n) is 1.90. The molecular formula is C15H17NO5. The quantitative estimate of drug-likeness (QED) is 0.801. The van der Waals surface area contributed by atoms with Gasteiger partial charge < -0.3 is 14.2 Å². The van der Waals surface area contributed by atoms with Crippen molar-refractivity contribution in [3.05, 3.63) is 30.9 Å². The Morgan fingerprint density at radius 3 is 2.71 bits per heavy atom. The van der Waals surface area contributed by atoms with Crippen LogP contribution in [-0.4, -0.2) is 29.2 Å². The number of rotatable bonds is 3. The van der Waals surface area contributed by atoms with Crippen molar-refractivity contribution in [2.75, 3.05) is 6.54 Å². The molecule has 2 amide bonds. The Kier molecular flexibility index (Phi) is 3.88. The number of fused-ring (bicyclic) bond motifs is 1. The molecule has 1 aliphatic heterocycles. The molecule has 0 saturated carbocycles. The Morgan fingerprint density at radius 1 is 1.38 bits per heavy atom. The Balaban J connectivity index is 2.22. The third-order valence-corrected chi connectivity index (χ3v) is 2.76. The first-order valence-corrected chi connectivity index (χ1v) is 6.46. The maximum absolute atomic E-state index is 12.0. The number of carbonyl (C=O) groups excluding carboxylic acids is 2. The third kappa shape index (κ3) is 3.16. The van der Waals surface area contributed by atoms with E-state index in [4.69, 9.17) is 14.2 Å². The zero-order valence-electron chi connectivity index (χ0n) is 12.2. The van der Waals surface area contributed by atoms with E-state index in [2.05, 4.69) is 6.58 Å². The van der Waals surface area contributed by atoms with Crippen molar-refractivity contribution in [3.8, 4) is 17.2 Å². The summed E-state index contributed by atoms with van der Waals surface area (Å²) in [5.74, 6) is -0.212. The minimum Gasteiger partial charge on any atom is -0.449 e. The van der Waals surface area contributed by atoms with E-state index in [0.717, 1.165) is 4.90 Å². The molecular weight excluding hydrogens is 274 g/mol. The highest BCUT2D eigenvalue weighted by Crippen LogP contribution is 2.45. The summed E-state index contributed by atoms with van der Waals surface area (Å²) >= 11 is 0. The number of carbonyl (C=O) groups is 2. The van der Waals surface area contributed by atoms with Crippen LogP contribution >= 0.6 is 0 Å². The monoisotopic (exact) mass is 291 g/mol. The van der Waals surface area contributed by atoms with Gasteiger partial charge in [0.2, 0.25) is 17.4 Å². The van der Waals surface area contributed by atoms with E-state index in [1.54, 1.807) is 32.0 Å². The zero-order valence-corrected chi connectivity index (χ0v) is 12.2. The molecule has 1 aromatic carbocycles. The van der Waals surface area contributed by atoms with E-state index in [-0.39, 0.29) is 12.3 Å². The van der Waals surface area contributed by atoms with Crippen molar-refractivity contribution in [2.24, 2.45) is 0 Å². The molecule has 0 fully saturated rings. The average Bonchev–Trinajstić information content (AvgIpc) is 2.70. The maximum atomic E-state index is 12.0. The predicted octanol–water partition coefficient (Wildman–Crippen LogP) is 2.73. The highest BCUT2D eigenvalue weighted by molar-refractivity contribution is 5.91. The standard InChI is InChI=1S/C15H17NO5/c1-5-9-16(10(2)17)14(18)19-11-7-6-8-12-13(11)21-15(3,4)20-12/h5-8H,1,9H2,2-4H3. The molecule has 21 heavy (non-hydrogen) atoms. The second-order valence-electron chi connectivity index (χ2n) is 4.97. The summed E-state index contributed by atoms with van der Waals surface area (Å²) in [6.45, 7) is 8.36. The summed E-state index contributed by atoms with van der Waals surface area (Å²) in [6, 6.07) is 4.97. The number of para-hydroxylation sites is 1. The predicted molar refractivity (Wildman–Crippen MR) is 75.4 cm³/mol. The lowest BCUT2D eigenvalue weighted by Gasteiger charge is -2.18. The fourth-order valence-corrected chi connectivity index (χ4v) is 1.90. The smallest absolute Gasteiger partial charge is 0.422 e. The van der Waals surface area contributed by atoms with E-state index >= 15 is 0 Å². The Morgan fingerprint density at radius 2 is 2.10 bits per heavy atom. The van der Waals surface area contributed by atoms with Crippen LogP contribution < -0.4 is 14.2 Å². The van der Waals surface area contributed by atoms with Crippen LogP contribution in [0.5, 0.6) is 17.2 Å². The van der Waals surface area contributed by atoms with Gasteiger partial charge in [0, 0.05) is 27.3 Å². The van der Waals surface area contributed by atoms with Crippen LogP contribution in [0.4, 0.5) is 4.79 Å². The summed E-state index contributed by atoms with van der Waals surface area (Å²) in [4.78, 5) is 24.4. The van der Waals surface area contributed by atoms with Gasteiger partial charge in [-0.2, -0.15) is 0 Å². The van der Waals surface area contributed by atoms with Crippen LogP contribution in [0, 0.1) is 0 Å². The summed E-state index contributed by atoms with van der Waals surface area (Å²) in [6.07, 6.45) is 0.657. The molecule has 0 atom stereocenters. The minimum absolute atomic E-state index is 0.0754. The van der Waals surface area contributed by atoms with Crippen LogP contribution in [0.15, 0.2) is 30.9 Å². The molecule has 0 unspecified atom stereocenters. The van der Waals surface area contributed by atoms with Gasteiger partial charge in [-0.15, -0.1) is 6.58 Å². The molecule has 0 aliphatic carbocycles. The van der Waals surface area contributed by atoms with Gasteiger partial charge in [0.1, 0.15) is 0 Å². The number of imide groups is 1. The molecule has 0 bridgehead atoms. The van der Waals surface area contributed by atoms with Crippen LogP contribution in [0.1, 0.15) is 20.8 Å². The van der Waals surface area contributed by atoms with E-state index in [1.165, 1.54) is 13.0 Å². The summed E-state index contributed by atoms with van der Waals surface area (Å²) in [5.41, 5.74) is 0. The normalized spacial score (nSPS) is 14.4. The number of nitrogens with zero attached hydrogens (tertiary/aromatic N) is 1. The van der Waals surface area contributed by atoms with Gasteiger partial charge in [0.25, 0.3) is 0 Å². The van der Waals surface area contributed by atoms with E-state index < -0.39 is 17.8 Å². The molecule has 112 valence electrons. The molecule has 2 rings (SSSR count). The first-order chi connectivity index (χ1) is 9.84. The molecule has 0 N–H and O–H groups in total. The second-order valence-corrected chi connectivity index (χ2v) is 4.97. The number of hydrogen-bond acceptors (Lipinski definition) is 5. The molecule has 1 aliphatic rings. The van der Waals surface area contributed by atoms with Gasteiger partial charge in [-0.3, -0.25) is 4.79 Å². The molecule has 0 spiro atoms. The molecule has 6 heteroatoms. The lowest BCUT2D eigenvalue weighted by molar-refractivity contribution is -0.126. The number of hydrogen-bond donors (Lipinski definition) is 0. The van der Waals surface area contributed by atoms with Crippen molar-refractivity contribution in [1.82, 2.24) is 4.90 Å². The average molecular weight is 291 g/mol. The molecule has 1 aromatic rings. The van der Waals surface area contributed by atoms with Gasteiger partial charge >= 0.3 is 6.09 Å². The van der Waals surface area contributed by atoms with Crippen LogP contribution in [-0.2, 0) is 4.79 Å². The number of amides is 2. The van der Waals surface area contributed by atoms with Crippen molar-refractivity contribution >= 4 is 12.0 Å². The van der Waals surface area contributed by atoms with Gasteiger partial charge in [-0.05, 0) is 12.1 Å². The van der Waals surface area contributed by atoms with Gasteiger partial charge in [0.05, 0.1) is 0 Å². The topological polar surface area (TPSA) is 65.1 Å². The minimum atomic E-state index is -0.827. The highest BCUT2D eigenvalue weighted by Gasteiger charge is 2.35. The summed E-state index contributed by atoms with van der Waals surface area (Å²) in [5, 5.41) is 0. The van der Waals surface area contributed by atoms with Crippen molar-refractivity contribution in [3.63, 3.8) is 0 Å². The summed E-state index contributed by atoms with van der Waals surface area (Å²) < 4.78 is 16.4. The SMILES string of the molecule is C=CCN(C(C)=O)C(=O)Oc1cccc2c1OC(C)(C)O2. The highest BCUT2D eigenvalue weighted by atomic mass is 16.7. The first kappa shape index (κ1) is 14.9. The van der Waals surface area contributed by atoms with Gasteiger partial charge in [-0.1, -0.05) is 12.1 Å². The largest absolute Gasteiger partial charge is 0.449 e. The number of benzene rings is 1. The molecule has 6 nitrogen and oxygen atoms in total. The summed E-state index contributed by atoms with van der Waals surface area (Å²) in [7, 11) is 0. The van der Waals surface area contributed by atoms with Crippen molar-refractivity contribution < 1.29 is 23.8 Å². The Hall–Kier alpha value is -2.50. The fraction of sp³-hybridized carbons (Fsp3) is 0.333. The van der Waals surface area contributed by atoms with Gasteiger partial charge in [0.15, 0.2) is 11.5 Å². The molecule has 0 radical (unpaired) electrons. The molecule has 0 saturated heterocycles. The number of ether oxygens (including phenoxy) is 3. The maximum Gasteiger partial charge on any atom is 0.422 e.